The average Bonchev–Trinajstić information content (AvgIpc) is 3.20. The summed E-state index contributed by atoms with van der Waals surface area (Å²) in [4.78, 5) is 61.3. The van der Waals surface area contributed by atoms with E-state index in [0.29, 0.717) is 38.6 Å². The van der Waals surface area contributed by atoms with Crippen molar-refractivity contribution in [3.05, 3.63) is 0 Å². The first kappa shape index (κ1) is 26.3. The molecule has 1 aliphatic rings. The summed E-state index contributed by atoms with van der Waals surface area (Å²) in [5.74, 6) is -3.53. The van der Waals surface area contributed by atoms with Gasteiger partial charge in [0.05, 0.1) is 6.04 Å². The fraction of sp³-hybridized carbons (Fsp3) is 0.737. The molecule has 1 heterocycles. The van der Waals surface area contributed by atoms with E-state index >= 15 is 0 Å². The second-order valence-electron chi connectivity index (χ2n) is 7.72. The van der Waals surface area contributed by atoms with Gasteiger partial charge in [0.25, 0.3) is 0 Å². The molecule has 1 rings (SSSR count). The number of rotatable bonds is 13. The lowest BCUT2D eigenvalue weighted by Crippen LogP contribution is -2.56. The molecule has 0 spiro atoms. The van der Waals surface area contributed by atoms with Crippen LogP contribution in [0, 0.1) is 0 Å². The normalized spacial score (nSPS) is 18.7. The molecule has 0 aromatic carbocycles. The second kappa shape index (κ2) is 12.8. The highest BCUT2D eigenvalue weighted by molar-refractivity contribution is 5.94. The molecule has 176 valence electrons. The van der Waals surface area contributed by atoms with E-state index in [4.69, 9.17) is 17.2 Å². The number of nitrogens with one attached hydrogen (secondary N) is 2. The Balaban J connectivity index is 2.75. The minimum Gasteiger partial charge on any atom is -0.480 e. The van der Waals surface area contributed by atoms with Crippen LogP contribution in [0.5, 0.6) is 0 Å². The molecule has 12 heteroatoms. The standard InChI is InChI=1S/C19H34N6O6/c1-11(18(29)25-10-4-6-14(25)19(30)31)23-17(28)13(7-8-15(22)26)24-16(27)12(21)5-2-3-9-20/h11-14H,2-10,20-21H2,1H3,(H2,22,26)(H,23,28)(H,24,27)(H,30,31). The van der Waals surface area contributed by atoms with E-state index in [-0.39, 0.29) is 19.4 Å². The molecule has 31 heavy (non-hydrogen) atoms. The second-order valence-corrected chi connectivity index (χ2v) is 7.72. The molecule has 1 aliphatic heterocycles. The van der Waals surface area contributed by atoms with Crippen molar-refractivity contribution in [2.75, 3.05) is 13.1 Å². The van der Waals surface area contributed by atoms with Gasteiger partial charge < -0.3 is 37.8 Å². The fourth-order valence-corrected chi connectivity index (χ4v) is 3.39. The Hall–Kier alpha value is -2.73. The van der Waals surface area contributed by atoms with Gasteiger partial charge in [0.1, 0.15) is 18.1 Å². The van der Waals surface area contributed by atoms with Crippen LogP contribution in [0.15, 0.2) is 0 Å². The number of nitrogens with two attached hydrogens (primary N) is 3. The highest BCUT2D eigenvalue weighted by Gasteiger charge is 2.37. The van der Waals surface area contributed by atoms with E-state index in [1.54, 1.807) is 0 Å². The predicted octanol–water partition coefficient (Wildman–Crippen LogP) is -2.23. The highest BCUT2D eigenvalue weighted by atomic mass is 16.4. The van der Waals surface area contributed by atoms with Crippen molar-refractivity contribution in [3.8, 4) is 0 Å². The molecule has 1 saturated heterocycles. The summed E-state index contributed by atoms with van der Waals surface area (Å²) in [6.07, 6.45) is 2.42. The third-order valence-corrected chi connectivity index (χ3v) is 5.17. The number of carbonyl (C=O) groups excluding carboxylic acids is 4. The highest BCUT2D eigenvalue weighted by Crippen LogP contribution is 2.18. The molecule has 0 saturated carbocycles. The first-order chi connectivity index (χ1) is 14.6. The van der Waals surface area contributed by atoms with Crippen LogP contribution in [-0.2, 0) is 24.0 Å². The summed E-state index contributed by atoms with van der Waals surface area (Å²) in [6, 6.07) is -3.91. The summed E-state index contributed by atoms with van der Waals surface area (Å²) < 4.78 is 0. The van der Waals surface area contributed by atoms with Crippen molar-refractivity contribution in [2.45, 2.75) is 76.0 Å². The molecule has 0 aromatic rings. The van der Waals surface area contributed by atoms with Gasteiger partial charge in [-0.25, -0.2) is 4.79 Å². The third kappa shape index (κ3) is 8.50. The van der Waals surface area contributed by atoms with E-state index < -0.39 is 53.8 Å². The number of unbranched alkanes of at least 4 members (excludes halogenated alkanes) is 1. The molecular weight excluding hydrogens is 408 g/mol. The number of likely N-dealkylation sites (tertiary alicyclic amines) is 1. The van der Waals surface area contributed by atoms with E-state index in [2.05, 4.69) is 10.6 Å². The molecule has 0 radical (unpaired) electrons. The maximum atomic E-state index is 12.7. The van der Waals surface area contributed by atoms with Crippen LogP contribution < -0.4 is 27.8 Å². The quantitative estimate of drug-likeness (QED) is 0.171. The van der Waals surface area contributed by atoms with Gasteiger partial charge in [-0.2, -0.15) is 0 Å². The fourth-order valence-electron chi connectivity index (χ4n) is 3.39. The minimum absolute atomic E-state index is 0.0647. The van der Waals surface area contributed by atoms with Crippen LogP contribution in [0.1, 0.15) is 51.9 Å². The Labute approximate surface area is 181 Å². The molecule has 0 aromatic heterocycles. The zero-order valence-electron chi connectivity index (χ0n) is 17.8. The van der Waals surface area contributed by atoms with Crippen molar-refractivity contribution >= 4 is 29.6 Å². The van der Waals surface area contributed by atoms with Gasteiger partial charge in [0.2, 0.25) is 23.6 Å². The van der Waals surface area contributed by atoms with Crippen LogP contribution in [-0.4, -0.2) is 76.9 Å². The van der Waals surface area contributed by atoms with Crippen LogP contribution >= 0.6 is 0 Å². The van der Waals surface area contributed by atoms with E-state index in [0.717, 1.165) is 0 Å². The molecule has 4 amide bonds. The number of amides is 4. The van der Waals surface area contributed by atoms with Crippen molar-refractivity contribution < 1.29 is 29.1 Å². The van der Waals surface area contributed by atoms with Crippen molar-refractivity contribution in [1.29, 1.82) is 0 Å². The van der Waals surface area contributed by atoms with Gasteiger partial charge in [0.15, 0.2) is 0 Å². The van der Waals surface area contributed by atoms with Gasteiger partial charge in [-0.15, -0.1) is 0 Å². The van der Waals surface area contributed by atoms with E-state index in [1.807, 2.05) is 0 Å². The van der Waals surface area contributed by atoms with E-state index in [9.17, 15) is 29.1 Å². The van der Waals surface area contributed by atoms with Crippen molar-refractivity contribution in [2.24, 2.45) is 17.2 Å². The summed E-state index contributed by atoms with van der Waals surface area (Å²) in [6.45, 7) is 2.20. The van der Waals surface area contributed by atoms with E-state index in [1.165, 1.54) is 11.8 Å². The van der Waals surface area contributed by atoms with Gasteiger partial charge in [-0.3, -0.25) is 19.2 Å². The van der Waals surface area contributed by atoms with Gasteiger partial charge in [-0.1, -0.05) is 6.42 Å². The Morgan fingerprint density at radius 3 is 2.35 bits per heavy atom. The van der Waals surface area contributed by atoms with Crippen molar-refractivity contribution in [1.82, 2.24) is 15.5 Å². The van der Waals surface area contributed by atoms with Crippen LogP contribution in [0.3, 0.4) is 0 Å². The molecule has 0 bridgehead atoms. The largest absolute Gasteiger partial charge is 0.480 e. The molecule has 4 unspecified atom stereocenters. The first-order valence-electron chi connectivity index (χ1n) is 10.5. The number of primary amides is 1. The molecular formula is C19H34N6O6. The number of aliphatic carboxylic acids is 1. The van der Waals surface area contributed by atoms with Gasteiger partial charge in [-0.05, 0) is 45.6 Å². The summed E-state index contributed by atoms with van der Waals surface area (Å²) in [5.41, 5.74) is 16.4. The average molecular weight is 443 g/mol. The predicted molar refractivity (Wildman–Crippen MR) is 111 cm³/mol. The number of carboxylic acids is 1. The number of hydrogen-bond donors (Lipinski definition) is 6. The third-order valence-electron chi connectivity index (χ3n) is 5.17. The maximum Gasteiger partial charge on any atom is 0.326 e. The van der Waals surface area contributed by atoms with Gasteiger partial charge in [0, 0.05) is 13.0 Å². The number of carboxylic acid groups (broad SMARTS) is 1. The number of nitrogens with zero attached hydrogens (tertiary/aromatic N) is 1. The Morgan fingerprint density at radius 1 is 1.10 bits per heavy atom. The maximum absolute atomic E-state index is 12.7. The molecule has 9 N–H and O–H groups in total. The monoisotopic (exact) mass is 442 g/mol. The molecule has 0 aliphatic carbocycles. The van der Waals surface area contributed by atoms with Crippen LogP contribution in [0.4, 0.5) is 0 Å². The Morgan fingerprint density at radius 2 is 1.77 bits per heavy atom. The number of carbonyl (C=O) groups is 5. The summed E-state index contributed by atoms with van der Waals surface area (Å²) in [7, 11) is 0. The van der Waals surface area contributed by atoms with Crippen LogP contribution in [0.25, 0.3) is 0 Å². The smallest absolute Gasteiger partial charge is 0.326 e. The lowest BCUT2D eigenvalue weighted by molar-refractivity contribution is -0.149. The summed E-state index contributed by atoms with van der Waals surface area (Å²) in [5, 5.41) is 14.2. The van der Waals surface area contributed by atoms with Crippen LogP contribution in [0.2, 0.25) is 0 Å². The molecule has 4 atom stereocenters. The topological polar surface area (TPSA) is 211 Å². The Kier molecular flexibility index (Phi) is 10.9. The van der Waals surface area contributed by atoms with Gasteiger partial charge >= 0.3 is 5.97 Å². The zero-order chi connectivity index (χ0) is 23.6. The summed E-state index contributed by atoms with van der Waals surface area (Å²) >= 11 is 0. The zero-order valence-corrected chi connectivity index (χ0v) is 17.8. The lowest BCUT2D eigenvalue weighted by atomic mass is 10.1. The lowest BCUT2D eigenvalue weighted by Gasteiger charge is -2.27. The number of hydrogen-bond acceptors (Lipinski definition) is 7. The Bertz CT molecular complexity index is 672. The minimum atomic E-state index is -1.12. The van der Waals surface area contributed by atoms with Crippen molar-refractivity contribution in [3.63, 3.8) is 0 Å². The SMILES string of the molecule is CC(NC(=O)C(CCC(N)=O)NC(=O)C(N)CCCCN)C(=O)N1CCCC1C(=O)O. The molecule has 1 fully saturated rings. The molecule has 12 nitrogen and oxygen atoms in total. The first-order valence-corrected chi connectivity index (χ1v) is 10.5.